The van der Waals surface area contributed by atoms with Gasteiger partial charge in [-0.2, -0.15) is 0 Å². The van der Waals surface area contributed by atoms with Gasteiger partial charge in [-0.25, -0.2) is 9.59 Å². The second-order valence-electron chi connectivity index (χ2n) is 1.57. The Bertz CT molecular complexity index is 139. The Kier molecular flexibility index (Phi) is 10.4. The summed E-state index contributed by atoms with van der Waals surface area (Å²) in [6, 6.07) is 0. The van der Waals surface area contributed by atoms with E-state index in [9.17, 15) is 9.59 Å². The predicted molar refractivity (Wildman–Crippen MR) is 28.0 cm³/mol. The molecule has 4 N–H and O–H groups in total. The second kappa shape index (κ2) is 7.11. The number of aliphatic hydroxyl groups excluding tert-OH is 2. The summed E-state index contributed by atoms with van der Waals surface area (Å²) in [5.41, 5.74) is 0. The summed E-state index contributed by atoms with van der Waals surface area (Å²) in [5.74, 6) is -3.54. The van der Waals surface area contributed by atoms with Gasteiger partial charge in [-0.05, 0) is 0 Å². The number of aliphatic hydroxyl groups is 2. The molecular formula is C4H6O7Zn. The van der Waals surface area contributed by atoms with Crippen LogP contribution < -0.4 is 0 Å². The third-order valence-electron chi connectivity index (χ3n) is 0.805. The van der Waals surface area contributed by atoms with E-state index >= 15 is 0 Å². The average molecular weight is 231 g/mol. The maximum absolute atomic E-state index is 9.77. The smallest absolute Gasteiger partial charge is 2.00 e. The standard InChI is InChI=1S/C4H6O6.O.Zn/c5-1(3(7)8)2(6)4(9)10;;/h1-2,5-6H,(H,7,8)(H,9,10);;/q;-2;+2. The Morgan fingerprint density at radius 2 is 1.08 bits per heavy atom. The van der Waals surface area contributed by atoms with Crippen molar-refractivity contribution in [3.63, 3.8) is 0 Å². The molecule has 8 heteroatoms. The van der Waals surface area contributed by atoms with Crippen LogP contribution in [0.25, 0.3) is 0 Å². The van der Waals surface area contributed by atoms with Gasteiger partial charge in [0.15, 0.2) is 12.2 Å². The first-order chi connectivity index (χ1) is 4.46. The van der Waals surface area contributed by atoms with Crippen molar-refractivity contribution < 1.29 is 55.0 Å². The molecule has 12 heavy (non-hydrogen) atoms. The predicted octanol–water partition coefficient (Wildman–Crippen LogP) is -2.24. The van der Waals surface area contributed by atoms with Gasteiger partial charge >= 0.3 is 31.4 Å². The monoisotopic (exact) mass is 230 g/mol. The van der Waals surface area contributed by atoms with Crippen molar-refractivity contribution in [1.82, 2.24) is 0 Å². The molecule has 0 radical (unpaired) electrons. The fourth-order valence-electron chi connectivity index (χ4n) is 0.270. The van der Waals surface area contributed by atoms with E-state index in [-0.39, 0.29) is 25.0 Å². The van der Waals surface area contributed by atoms with Crippen LogP contribution >= 0.6 is 0 Å². The van der Waals surface area contributed by atoms with Gasteiger partial charge in [-0.15, -0.1) is 0 Å². The Balaban J connectivity index is -0.000000405. The molecule has 7 nitrogen and oxygen atoms in total. The van der Waals surface area contributed by atoms with E-state index in [1.165, 1.54) is 0 Å². The molecule has 0 aromatic carbocycles. The molecular weight excluding hydrogens is 225 g/mol. The molecule has 0 amide bonds. The number of carboxylic acid groups (broad SMARTS) is 2. The van der Waals surface area contributed by atoms with Gasteiger partial charge in [0.1, 0.15) is 0 Å². The van der Waals surface area contributed by atoms with E-state index in [1.54, 1.807) is 0 Å². The SMILES string of the molecule is O=C(O)C(O)C(O)C(=O)O.[O-2].[Zn+2]. The number of hydrogen-bond acceptors (Lipinski definition) is 4. The third-order valence-corrected chi connectivity index (χ3v) is 0.805. The summed E-state index contributed by atoms with van der Waals surface area (Å²) in [7, 11) is 0. The summed E-state index contributed by atoms with van der Waals surface area (Å²) in [5, 5.41) is 32.5. The van der Waals surface area contributed by atoms with Gasteiger partial charge in [0.2, 0.25) is 0 Å². The Labute approximate surface area is 79.7 Å². The van der Waals surface area contributed by atoms with Crippen molar-refractivity contribution in [2.75, 3.05) is 0 Å². The molecule has 2 unspecified atom stereocenters. The van der Waals surface area contributed by atoms with Gasteiger partial charge in [0, 0.05) is 0 Å². The fraction of sp³-hybridized carbons (Fsp3) is 0.500. The minimum Gasteiger partial charge on any atom is -2.00 e. The van der Waals surface area contributed by atoms with Crippen molar-refractivity contribution in [1.29, 1.82) is 0 Å². The van der Waals surface area contributed by atoms with Gasteiger partial charge in [0.25, 0.3) is 0 Å². The van der Waals surface area contributed by atoms with E-state index in [1.807, 2.05) is 0 Å². The molecule has 0 bridgehead atoms. The molecule has 2 atom stereocenters. The van der Waals surface area contributed by atoms with Crippen LogP contribution in [-0.4, -0.2) is 44.6 Å². The van der Waals surface area contributed by atoms with Crippen LogP contribution in [0.3, 0.4) is 0 Å². The molecule has 0 spiro atoms. The molecule has 0 saturated heterocycles. The molecule has 0 aliphatic carbocycles. The zero-order valence-corrected chi connectivity index (χ0v) is 8.84. The van der Waals surface area contributed by atoms with Crippen LogP contribution in [0.1, 0.15) is 0 Å². The average Bonchev–Trinajstić information content (AvgIpc) is 1.84. The molecule has 0 aliphatic heterocycles. The van der Waals surface area contributed by atoms with Crippen molar-refractivity contribution in [3.8, 4) is 0 Å². The number of carboxylic acids is 2. The Morgan fingerprint density at radius 1 is 0.917 bits per heavy atom. The summed E-state index contributed by atoms with van der Waals surface area (Å²) >= 11 is 0. The summed E-state index contributed by atoms with van der Waals surface area (Å²) < 4.78 is 0. The third kappa shape index (κ3) is 5.14. The Morgan fingerprint density at radius 3 is 1.17 bits per heavy atom. The maximum Gasteiger partial charge on any atom is 2.00 e. The van der Waals surface area contributed by atoms with Gasteiger partial charge in [-0.1, -0.05) is 0 Å². The summed E-state index contributed by atoms with van der Waals surface area (Å²) in [6.45, 7) is 0. The van der Waals surface area contributed by atoms with Crippen LogP contribution in [0.5, 0.6) is 0 Å². The van der Waals surface area contributed by atoms with Crippen molar-refractivity contribution in [3.05, 3.63) is 0 Å². The zero-order valence-electron chi connectivity index (χ0n) is 5.88. The normalized spacial score (nSPS) is 13.2. The van der Waals surface area contributed by atoms with E-state index in [2.05, 4.69) is 0 Å². The second-order valence-corrected chi connectivity index (χ2v) is 1.57. The molecule has 66 valence electrons. The molecule has 0 fully saturated rings. The van der Waals surface area contributed by atoms with Crippen molar-refractivity contribution in [2.24, 2.45) is 0 Å². The van der Waals surface area contributed by atoms with Gasteiger partial charge in [-0.3, -0.25) is 0 Å². The fourth-order valence-corrected chi connectivity index (χ4v) is 0.270. The van der Waals surface area contributed by atoms with E-state index < -0.39 is 24.1 Å². The molecule has 0 rings (SSSR count). The van der Waals surface area contributed by atoms with Crippen molar-refractivity contribution >= 4 is 11.9 Å². The van der Waals surface area contributed by atoms with Crippen LogP contribution in [0.2, 0.25) is 0 Å². The Hall–Kier alpha value is -0.557. The topological polar surface area (TPSA) is 144 Å². The number of hydrogen-bond donors (Lipinski definition) is 4. The van der Waals surface area contributed by atoms with Gasteiger partial charge in [0.05, 0.1) is 0 Å². The maximum atomic E-state index is 9.77. The number of aliphatic carboxylic acids is 2. The molecule has 0 saturated carbocycles. The minimum absolute atomic E-state index is 0. The van der Waals surface area contributed by atoms with Crippen molar-refractivity contribution in [2.45, 2.75) is 12.2 Å². The zero-order chi connectivity index (χ0) is 8.31. The largest absolute Gasteiger partial charge is 2.00 e. The number of carbonyl (C=O) groups is 2. The summed E-state index contributed by atoms with van der Waals surface area (Å²) in [6.07, 6.45) is -4.53. The quantitative estimate of drug-likeness (QED) is 0.404. The first-order valence-corrected chi connectivity index (χ1v) is 2.28. The molecule has 0 aliphatic rings. The van der Waals surface area contributed by atoms with Gasteiger partial charge < -0.3 is 25.9 Å². The van der Waals surface area contributed by atoms with E-state index in [0.717, 1.165) is 0 Å². The van der Waals surface area contributed by atoms with Crippen LogP contribution in [-0.2, 0) is 34.5 Å². The minimum atomic E-state index is -2.27. The van der Waals surface area contributed by atoms with Crippen LogP contribution in [0.15, 0.2) is 0 Å². The first-order valence-electron chi connectivity index (χ1n) is 2.28. The summed E-state index contributed by atoms with van der Waals surface area (Å²) in [4.78, 5) is 19.5. The van der Waals surface area contributed by atoms with E-state index in [4.69, 9.17) is 20.4 Å². The molecule has 0 aromatic rings. The van der Waals surface area contributed by atoms with Crippen LogP contribution in [0, 0.1) is 0 Å². The number of rotatable bonds is 3. The van der Waals surface area contributed by atoms with Crippen LogP contribution in [0.4, 0.5) is 0 Å². The molecule has 0 heterocycles. The first kappa shape index (κ1) is 17.5. The molecule has 0 aromatic heterocycles. The van der Waals surface area contributed by atoms with E-state index in [0.29, 0.717) is 0 Å².